The molecule has 0 rings (SSSR count). The van der Waals surface area contributed by atoms with Crippen LogP contribution >= 0.6 is 15.9 Å². The van der Waals surface area contributed by atoms with E-state index in [1.54, 1.807) is 0 Å². The summed E-state index contributed by atoms with van der Waals surface area (Å²) < 4.78 is 0. The maximum atomic E-state index is 5.37. The van der Waals surface area contributed by atoms with E-state index in [4.69, 9.17) is 5.73 Å². The topological polar surface area (TPSA) is 26.0 Å². The van der Waals surface area contributed by atoms with Crippen LogP contribution in [-0.2, 0) is 0 Å². The summed E-state index contributed by atoms with van der Waals surface area (Å²) in [6.45, 7) is 2.00. The fourth-order valence-electron chi connectivity index (χ4n) is 0.172. The normalized spacial score (nSPS) is 14.5. The highest BCUT2D eigenvalue weighted by molar-refractivity contribution is 9.09. The summed E-state index contributed by atoms with van der Waals surface area (Å²) in [5, 5.41) is 1.02. The minimum atomic E-state index is 0.351. The summed E-state index contributed by atoms with van der Waals surface area (Å²) in [5.41, 5.74) is 5.37. The van der Waals surface area contributed by atoms with Crippen LogP contribution in [0.5, 0.6) is 0 Å². The third-order valence-corrected chi connectivity index (χ3v) is 1.02. The second-order valence-corrected chi connectivity index (χ2v) is 2.25. The van der Waals surface area contributed by atoms with E-state index in [1.807, 2.05) is 6.92 Å². The van der Waals surface area contributed by atoms with Crippen LogP contribution in [0, 0.1) is 0 Å². The van der Waals surface area contributed by atoms with Gasteiger partial charge in [-0.05, 0) is 13.3 Å². The molecule has 6 heavy (non-hydrogen) atoms. The van der Waals surface area contributed by atoms with Crippen LogP contribution in [0.25, 0.3) is 0 Å². The Bertz CT molecular complexity index is 28.7. The van der Waals surface area contributed by atoms with Gasteiger partial charge < -0.3 is 5.73 Å². The van der Waals surface area contributed by atoms with E-state index < -0.39 is 0 Å². The lowest BCUT2D eigenvalue weighted by Crippen LogP contribution is -2.14. The number of hydrogen-bond acceptors (Lipinski definition) is 1. The molecule has 1 atom stereocenters. The molecule has 0 heterocycles. The Morgan fingerprint density at radius 2 is 2.33 bits per heavy atom. The van der Waals surface area contributed by atoms with Gasteiger partial charge in [-0.2, -0.15) is 0 Å². The van der Waals surface area contributed by atoms with Crippen molar-refractivity contribution < 1.29 is 0 Å². The molecule has 0 bridgehead atoms. The van der Waals surface area contributed by atoms with Crippen molar-refractivity contribution in [3.63, 3.8) is 0 Å². The molecule has 0 unspecified atom stereocenters. The van der Waals surface area contributed by atoms with E-state index in [1.165, 1.54) is 0 Å². The molecular weight excluding hydrogens is 142 g/mol. The fraction of sp³-hybridized carbons (Fsp3) is 1.00. The first kappa shape index (κ1) is 6.44. The molecule has 0 spiro atoms. The molecule has 0 fully saturated rings. The first-order valence-corrected chi connectivity index (χ1v) is 3.21. The Hall–Kier alpha value is 0.440. The average molecular weight is 152 g/mol. The molecule has 1 nitrogen and oxygen atoms in total. The molecule has 0 amide bonds. The molecule has 0 aliphatic heterocycles. The molecule has 2 heteroatoms. The largest absolute Gasteiger partial charge is 0.328 e. The van der Waals surface area contributed by atoms with Crippen molar-refractivity contribution in [1.82, 2.24) is 0 Å². The van der Waals surface area contributed by atoms with Crippen LogP contribution in [0.3, 0.4) is 0 Å². The van der Waals surface area contributed by atoms with Gasteiger partial charge in [0, 0.05) is 11.4 Å². The van der Waals surface area contributed by atoms with Gasteiger partial charge >= 0.3 is 0 Å². The quantitative estimate of drug-likeness (QED) is 0.589. The van der Waals surface area contributed by atoms with Crippen molar-refractivity contribution in [1.29, 1.82) is 0 Å². The highest BCUT2D eigenvalue weighted by Gasteiger charge is 1.86. The van der Waals surface area contributed by atoms with Crippen LogP contribution in [0.4, 0.5) is 0 Å². The summed E-state index contributed by atoms with van der Waals surface area (Å²) in [6.07, 6.45) is 1.07. The zero-order chi connectivity index (χ0) is 4.99. The van der Waals surface area contributed by atoms with Gasteiger partial charge in [0.1, 0.15) is 0 Å². The summed E-state index contributed by atoms with van der Waals surface area (Å²) >= 11 is 3.27. The Morgan fingerprint density at radius 1 is 1.83 bits per heavy atom. The van der Waals surface area contributed by atoms with Gasteiger partial charge in [-0.1, -0.05) is 15.9 Å². The van der Waals surface area contributed by atoms with Crippen molar-refractivity contribution in [3.8, 4) is 0 Å². The highest BCUT2D eigenvalue weighted by Crippen LogP contribution is 1.89. The summed E-state index contributed by atoms with van der Waals surface area (Å²) in [7, 11) is 0. The first-order valence-electron chi connectivity index (χ1n) is 2.09. The van der Waals surface area contributed by atoms with Gasteiger partial charge in [0.25, 0.3) is 0 Å². The molecule has 0 saturated heterocycles. The first-order chi connectivity index (χ1) is 2.77. The molecule has 0 saturated carbocycles. The van der Waals surface area contributed by atoms with Crippen molar-refractivity contribution >= 4 is 15.9 Å². The predicted octanol–water partition coefficient (Wildman–Crippen LogP) is 1.12. The third kappa shape index (κ3) is 4.44. The maximum Gasteiger partial charge on any atom is 0.00459 e. The molecular formula is C4H10BrN. The molecule has 0 aromatic rings. The summed E-state index contributed by atoms with van der Waals surface area (Å²) in [5.74, 6) is 0. The number of halogens is 1. The van der Waals surface area contributed by atoms with Crippen LogP contribution in [0.2, 0.25) is 0 Å². The van der Waals surface area contributed by atoms with Crippen molar-refractivity contribution in [3.05, 3.63) is 0 Å². The van der Waals surface area contributed by atoms with Crippen LogP contribution in [-0.4, -0.2) is 11.4 Å². The molecule has 38 valence electrons. The molecule has 0 radical (unpaired) electrons. The lowest BCUT2D eigenvalue weighted by molar-refractivity contribution is 0.724. The standard InChI is InChI=1S/C4H10BrN/c1-4(6)2-3-5/h4H,2-3,6H2,1H3/t4-/m0/s1. The highest BCUT2D eigenvalue weighted by atomic mass is 79.9. The SMILES string of the molecule is C[C@H](N)CCBr. The molecule has 0 aromatic carbocycles. The summed E-state index contributed by atoms with van der Waals surface area (Å²) in [6, 6.07) is 0.351. The number of alkyl halides is 1. The zero-order valence-corrected chi connectivity index (χ0v) is 5.53. The van der Waals surface area contributed by atoms with Gasteiger partial charge in [0.2, 0.25) is 0 Å². The van der Waals surface area contributed by atoms with Gasteiger partial charge in [0.05, 0.1) is 0 Å². The average Bonchev–Trinajstić information content (AvgIpc) is 1.35. The van der Waals surface area contributed by atoms with Crippen molar-refractivity contribution in [2.24, 2.45) is 5.73 Å². The van der Waals surface area contributed by atoms with E-state index in [9.17, 15) is 0 Å². The van der Waals surface area contributed by atoms with Gasteiger partial charge in [-0.15, -0.1) is 0 Å². The van der Waals surface area contributed by atoms with Gasteiger partial charge in [-0.3, -0.25) is 0 Å². The fourth-order valence-corrected chi connectivity index (χ4v) is 0.894. The minimum Gasteiger partial charge on any atom is -0.328 e. The number of rotatable bonds is 2. The van der Waals surface area contributed by atoms with Crippen LogP contribution in [0.15, 0.2) is 0 Å². The Kier molecular flexibility index (Phi) is 3.89. The van der Waals surface area contributed by atoms with Crippen LogP contribution < -0.4 is 5.73 Å². The number of nitrogens with two attached hydrogens (primary N) is 1. The molecule has 0 aromatic heterocycles. The predicted molar refractivity (Wildman–Crippen MR) is 32.1 cm³/mol. The lowest BCUT2D eigenvalue weighted by atomic mass is 10.3. The Balaban J connectivity index is 2.63. The Morgan fingerprint density at radius 3 is 2.33 bits per heavy atom. The molecule has 2 N–H and O–H groups in total. The molecule has 0 aliphatic rings. The zero-order valence-electron chi connectivity index (χ0n) is 3.95. The maximum absolute atomic E-state index is 5.37. The van der Waals surface area contributed by atoms with Crippen molar-refractivity contribution in [2.75, 3.05) is 5.33 Å². The van der Waals surface area contributed by atoms with E-state index in [-0.39, 0.29) is 0 Å². The minimum absolute atomic E-state index is 0.351. The van der Waals surface area contributed by atoms with E-state index >= 15 is 0 Å². The third-order valence-electron chi connectivity index (χ3n) is 0.564. The Labute approximate surface area is 47.0 Å². The lowest BCUT2D eigenvalue weighted by Gasteiger charge is -1.95. The van der Waals surface area contributed by atoms with Gasteiger partial charge in [-0.25, -0.2) is 0 Å². The van der Waals surface area contributed by atoms with Crippen molar-refractivity contribution in [2.45, 2.75) is 19.4 Å². The second kappa shape index (κ2) is 3.62. The molecule has 0 aliphatic carbocycles. The monoisotopic (exact) mass is 151 g/mol. The van der Waals surface area contributed by atoms with E-state index in [2.05, 4.69) is 15.9 Å². The summed E-state index contributed by atoms with van der Waals surface area (Å²) in [4.78, 5) is 0. The van der Waals surface area contributed by atoms with E-state index in [0.29, 0.717) is 6.04 Å². The number of hydrogen-bond donors (Lipinski definition) is 1. The van der Waals surface area contributed by atoms with Gasteiger partial charge in [0.15, 0.2) is 0 Å². The smallest absolute Gasteiger partial charge is 0.00459 e. The second-order valence-electron chi connectivity index (χ2n) is 1.45. The van der Waals surface area contributed by atoms with E-state index in [0.717, 1.165) is 11.8 Å². The van der Waals surface area contributed by atoms with Crippen LogP contribution in [0.1, 0.15) is 13.3 Å².